The van der Waals surface area contributed by atoms with Crippen LogP contribution in [-0.4, -0.2) is 43.6 Å². The van der Waals surface area contributed by atoms with E-state index in [-0.39, 0.29) is 0 Å². The maximum atomic E-state index is 11.4. The molecule has 3 rings (SSSR count). The van der Waals surface area contributed by atoms with Crippen molar-refractivity contribution in [2.24, 2.45) is 0 Å². The number of ether oxygens (including phenoxy) is 1. The van der Waals surface area contributed by atoms with Crippen molar-refractivity contribution in [3.8, 4) is 0 Å². The summed E-state index contributed by atoms with van der Waals surface area (Å²) in [5.74, 6) is 0. The summed E-state index contributed by atoms with van der Waals surface area (Å²) in [5.41, 5.74) is 2.07. The first-order valence-electron chi connectivity index (χ1n) is 7.69. The van der Waals surface area contributed by atoms with Crippen molar-refractivity contribution >= 4 is 46.5 Å². The van der Waals surface area contributed by atoms with Crippen LogP contribution in [0, 0.1) is 0 Å². The van der Waals surface area contributed by atoms with Crippen LogP contribution in [0.4, 0.5) is 5.69 Å². The van der Waals surface area contributed by atoms with E-state index in [1.807, 2.05) is 29.0 Å². The van der Waals surface area contributed by atoms with Gasteiger partial charge >= 0.3 is 0 Å². The Kier molecular flexibility index (Phi) is 6.14. The van der Waals surface area contributed by atoms with Gasteiger partial charge in [-0.3, -0.25) is 9.69 Å². The van der Waals surface area contributed by atoms with Gasteiger partial charge in [0, 0.05) is 31.2 Å². The molecule has 1 fully saturated rings. The molecule has 0 saturated carbocycles. The Morgan fingerprint density at radius 3 is 2.62 bits per heavy atom. The van der Waals surface area contributed by atoms with E-state index < -0.39 is 6.23 Å². The number of benzene rings is 1. The summed E-state index contributed by atoms with van der Waals surface area (Å²) < 4.78 is 5.76. The molecule has 128 valence electrons. The van der Waals surface area contributed by atoms with Crippen molar-refractivity contribution in [1.29, 1.82) is 0 Å². The molecule has 1 aliphatic heterocycles. The Labute approximate surface area is 155 Å². The van der Waals surface area contributed by atoms with E-state index in [4.69, 9.17) is 27.9 Å². The summed E-state index contributed by atoms with van der Waals surface area (Å²) in [6.45, 7) is 3.51. The highest BCUT2D eigenvalue weighted by atomic mass is 35.5. The second-order valence-electron chi connectivity index (χ2n) is 5.59. The Morgan fingerprint density at radius 1 is 1.21 bits per heavy atom. The summed E-state index contributed by atoms with van der Waals surface area (Å²) in [7, 11) is 0. The quantitative estimate of drug-likeness (QED) is 0.706. The van der Waals surface area contributed by atoms with Gasteiger partial charge in [-0.2, -0.15) is 11.3 Å². The molecule has 2 heterocycles. The summed E-state index contributed by atoms with van der Waals surface area (Å²) in [6, 6.07) is 7.54. The van der Waals surface area contributed by atoms with Crippen LogP contribution in [0.2, 0.25) is 10.0 Å². The SMILES string of the molecule is O=CC(OCc1ccsc1)N1CCN(c2ccc(Cl)cc2Cl)CC1. The second-order valence-corrected chi connectivity index (χ2v) is 7.21. The van der Waals surface area contributed by atoms with E-state index in [9.17, 15) is 4.79 Å². The zero-order valence-electron chi connectivity index (χ0n) is 13.0. The van der Waals surface area contributed by atoms with Gasteiger partial charge in [0.2, 0.25) is 0 Å². The molecule has 1 aromatic carbocycles. The average molecular weight is 385 g/mol. The minimum atomic E-state index is -0.507. The second kappa shape index (κ2) is 8.32. The lowest BCUT2D eigenvalue weighted by Crippen LogP contribution is -2.51. The lowest BCUT2D eigenvalue weighted by atomic mass is 10.2. The third kappa shape index (κ3) is 4.29. The number of carbonyl (C=O) groups is 1. The molecule has 1 unspecified atom stereocenters. The smallest absolute Gasteiger partial charge is 0.167 e. The lowest BCUT2D eigenvalue weighted by molar-refractivity contribution is -0.133. The van der Waals surface area contributed by atoms with E-state index >= 15 is 0 Å². The van der Waals surface area contributed by atoms with Crippen LogP contribution < -0.4 is 4.90 Å². The number of nitrogens with zero attached hydrogens (tertiary/aromatic N) is 2. The molecule has 4 nitrogen and oxygen atoms in total. The summed E-state index contributed by atoms with van der Waals surface area (Å²) >= 11 is 13.9. The third-order valence-electron chi connectivity index (χ3n) is 4.04. The molecule has 2 aromatic rings. The van der Waals surface area contributed by atoms with Gasteiger partial charge in [-0.15, -0.1) is 0 Å². The third-order valence-corrected chi connectivity index (χ3v) is 5.31. The molecule has 0 N–H and O–H groups in total. The number of aldehydes is 1. The number of hydrogen-bond acceptors (Lipinski definition) is 5. The van der Waals surface area contributed by atoms with Gasteiger partial charge in [-0.25, -0.2) is 0 Å². The van der Waals surface area contributed by atoms with E-state index in [2.05, 4.69) is 9.80 Å². The van der Waals surface area contributed by atoms with Gasteiger partial charge in [0.05, 0.1) is 17.3 Å². The van der Waals surface area contributed by atoms with Crippen molar-refractivity contribution < 1.29 is 9.53 Å². The molecule has 7 heteroatoms. The molecule has 0 radical (unpaired) electrons. The first kappa shape index (κ1) is 17.7. The maximum absolute atomic E-state index is 11.4. The first-order chi connectivity index (χ1) is 11.7. The predicted octanol–water partition coefficient (Wildman–Crippen LogP) is 3.92. The van der Waals surface area contributed by atoms with Gasteiger partial charge in [0.25, 0.3) is 0 Å². The van der Waals surface area contributed by atoms with Gasteiger partial charge in [-0.05, 0) is 40.6 Å². The number of thiophene rings is 1. The topological polar surface area (TPSA) is 32.8 Å². The van der Waals surface area contributed by atoms with Crippen LogP contribution in [0.3, 0.4) is 0 Å². The Balaban J connectivity index is 1.56. The molecule has 1 atom stereocenters. The van der Waals surface area contributed by atoms with Crippen molar-refractivity contribution in [2.75, 3.05) is 31.1 Å². The van der Waals surface area contributed by atoms with Gasteiger partial charge in [-0.1, -0.05) is 23.2 Å². The van der Waals surface area contributed by atoms with E-state index in [0.717, 1.165) is 43.7 Å². The Hall–Kier alpha value is -1.11. The van der Waals surface area contributed by atoms with Crippen molar-refractivity contribution in [3.63, 3.8) is 0 Å². The normalized spacial score (nSPS) is 17.0. The van der Waals surface area contributed by atoms with E-state index in [0.29, 0.717) is 16.7 Å². The standard InChI is InChI=1S/C17H18Cl2N2O2S/c18-14-1-2-16(15(19)9-14)20-4-6-21(7-5-20)17(10-22)23-11-13-3-8-24-12-13/h1-3,8-10,12,17H,4-7,11H2. The van der Waals surface area contributed by atoms with Crippen LogP contribution in [0.1, 0.15) is 5.56 Å². The van der Waals surface area contributed by atoms with Crippen LogP contribution in [0.5, 0.6) is 0 Å². The van der Waals surface area contributed by atoms with Crippen LogP contribution in [-0.2, 0) is 16.1 Å². The number of anilines is 1. The first-order valence-corrected chi connectivity index (χ1v) is 9.39. The van der Waals surface area contributed by atoms with Crippen LogP contribution >= 0.6 is 34.5 Å². The Bertz CT molecular complexity index is 673. The van der Waals surface area contributed by atoms with Crippen LogP contribution in [0.15, 0.2) is 35.0 Å². The lowest BCUT2D eigenvalue weighted by Gasteiger charge is -2.38. The van der Waals surface area contributed by atoms with E-state index in [1.54, 1.807) is 17.4 Å². The molecule has 1 saturated heterocycles. The molecule has 24 heavy (non-hydrogen) atoms. The molecular weight excluding hydrogens is 367 g/mol. The molecule has 1 aromatic heterocycles. The molecule has 0 spiro atoms. The minimum Gasteiger partial charge on any atom is -0.368 e. The monoisotopic (exact) mass is 384 g/mol. The molecule has 0 amide bonds. The summed E-state index contributed by atoms with van der Waals surface area (Å²) in [5, 5.41) is 5.31. The van der Waals surface area contributed by atoms with Gasteiger partial charge < -0.3 is 9.64 Å². The molecular formula is C17H18Cl2N2O2S. The Morgan fingerprint density at radius 2 is 2.00 bits per heavy atom. The number of carbonyl (C=O) groups excluding carboxylic acids is 1. The van der Waals surface area contributed by atoms with Crippen molar-refractivity contribution in [1.82, 2.24) is 4.90 Å². The van der Waals surface area contributed by atoms with Crippen molar-refractivity contribution in [2.45, 2.75) is 12.8 Å². The molecule has 0 bridgehead atoms. The van der Waals surface area contributed by atoms with Crippen LogP contribution in [0.25, 0.3) is 0 Å². The maximum Gasteiger partial charge on any atom is 0.167 e. The number of piperazine rings is 1. The molecule has 0 aliphatic carbocycles. The fourth-order valence-corrected chi connectivity index (χ4v) is 3.92. The van der Waals surface area contributed by atoms with Gasteiger partial charge in [0.15, 0.2) is 12.5 Å². The number of halogens is 2. The van der Waals surface area contributed by atoms with Crippen molar-refractivity contribution in [3.05, 3.63) is 50.6 Å². The minimum absolute atomic E-state index is 0.454. The fraction of sp³-hybridized carbons (Fsp3) is 0.353. The number of rotatable bonds is 6. The van der Waals surface area contributed by atoms with E-state index in [1.165, 1.54) is 0 Å². The zero-order chi connectivity index (χ0) is 16.9. The summed E-state index contributed by atoms with van der Waals surface area (Å²) in [4.78, 5) is 15.7. The van der Waals surface area contributed by atoms with Gasteiger partial charge in [0.1, 0.15) is 0 Å². The molecule has 1 aliphatic rings. The zero-order valence-corrected chi connectivity index (χ0v) is 15.4. The highest BCUT2D eigenvalue weighted by Crippen LogP contribution is 2.29. The largest absolute Gasteiger partial charge is 0.368 e. The number of hydrogen-bond donors (Lipinski definition) is 0. The summed E-state index contributed by atoms with van der Waals surface area (Å²) in [6.07, 6.45) is 0.366. The highest BCUT2D eigenvalue weighted by Gasteiger charge is 2.25. The average Bonchev–Trinajstić information content (AvgIpc) is 3.10. The predicted molar refractivity (Wildman–Crippen MR) is 99.2 cm³/mol. The fourth-order valence-electron chi connectivity index (χ4n) is 2.74. The highest BCUT2D eigenvalue weighted by molar-refractivity contribution is 7.07.